The van der Waals surface area contributed by atoms with E-state index in [0.29, 0.717) is 18.5 Å². The van der Waals surface area contributed by atoms with E-state index in [2.05, 4.69) is 25.8 Å². The zero-order valence-electron chi connectivity index (χ0n) is 17.2. The lowest BCUT2D eigenvalue weighted by atomic mass is 9.75. The van der Waals surface area contributed by atoms with Gasteiger partial charge in [-0.15, -0.1) is 5.10 Å². The summed E-state index contributed by atoms with van der Waals surface area (Å²) in [6, 6.07) is 8.25. The number of methoxy groups -OCH3 is 1. The molecule has 8 nitrogen and oxygen atoms in total. The topological polar surface area (TPSA) is 84.3 Å². The van der Waals surface area contributed by atoms with Crippen LogP contribution in [0.15, 0.2) is 30.5 Å². The van der Waals surface area contributed by atoms with Crippen molar-refractivity contribution in [1.29, 1.82) is 0 Å². The Bertz CT molecular complexity index is 838. The first kappa shape index (κ1) is 19.8. The van der Waals surface area contributed by atoms with E-state index in [9.17, 15) is 4.79 Å². The number of aromatic nitrogens is 3. The maximum Gasteiger partial charge on any atom is 0.224 e. The van der Waals surface area contributed by atoms with E-state index in [1.807, 2.05) is 42.2 Å². The molecule has 2 N–H and O–H groups in total. The van der Waals surface area contributed by atoms with Gasteiger partial charge in [0, 0.05) is 37.4 Å². The largest absolute Gasteiger partial charge is 0.496 e. The predicted octanol–water partition coefficient (Wildman–Crippen LogP) is 1.03. The number of carbonyl (C=O) groups excluding carboxylic acids is 1. The summed E-state index contributed by atoms with van der Waals surface area (Å²) in [4.78, 5) is 15.3. The molecule has 5 rings (SSSR count). The van der Waals surface area contributed by atoms with Crippen molar-refractivity contribution in [3.63, 3.8) is 0 Å². The van der Waals surface area contributed by atoms with Crippen molar-refractivity contribution in [2.75, 3.05) is 27.2 Å². The van der Waals surface area contributed by atoms with E-state index >= 15 is 0 Å². The van der Waals surface area contributed by atoms with Crippen LogP contribution >= 0.6 is 0 Å². The number of carbonyl (C=O) groups is 1. The van der Waals surface area contributed by atoms with Crippen LogP contribution in [0.3, 0.4) is 0 Å². The minimum absolute atomic E-state index is 0.0605. The summed E-state index contributed by atoms with van der Waals surface area (Å²) < 4.78 is 7.32. The van der Waals surface area contributed by atoms with Crippen LogP contribution in [0.4, 0.5) is 0 Å². The van der Waals surface area contributed by atoms with Crippen molar-refractivity contribution >= 4 is 5.91 Å². The number of piperidine rings is 3. The van der Waals surface area contributed by atoms with E-state index < -0.39 is 0 Å². The molecule has 3 aliphatic heterocycles. The van der Waals surface area contributed by atoms with Gasteiger partial charge in [-0.1, -0.05) is 23.4 Å². The third kappa shape index (κ3) is 4.43. The van der Waals surface area contributed by atoms with Crippen molar-refractivity contribution < 1.29 is 9.53 Å². The number of benzene rings is 1. The summed E-state index contributed by atoms with van der Waals surface area (Å²) in [6.45, 7) is 3.95. The van der Waals surface area contributed by atoms with Crippen molar-refractivity contribution in [3.8, 4) is 5.75 Å². The van der Waals surface area contributed by atoms with Gasteiger partial charge in [0.2, 0.25) is 5.91 Å². The van der Waals surface area contributed by atoms with Gasteiger partial charge >= 0.3 is 0 Å². The molecule has 3 saturated heterocycles. The Morgan fingerprint density at radius 3 is 2.93 bits per heavy atom. The summed E-state index contributed by atoms with van der Waals surface area (Å²) in [5.41, 5.74) is 1.96. The molecule has 2 bridgehead atoms. The van der Waals surface area contributed by atoms with Crippen LogP contribution < -0.4 is 15.4 Å². The molecule has 1 aromatic heterocycles. The highest BCUT2D eigenvalue weighted by Gasteiger charge is 2.43. The second-order valence-electron chi connectivity index (χ2n) is 8.03. The molecule has 0 aliphatic carbocycles. The molecule has 2 aromatic rings. The maximum absolute atomic E-state index is 12.9. The molecular weight excluding hydrogens is 368 g/mol. The molecule has 3 fully saturated rings. The first-order valence-electron chi connectivity index (χ1n) is 10.3. The Kier molecular flexibility index (Phi) is 6.10. The van der Waals surface area contributed by atoms with Crippen LogP contribution in [0.5, 0.6) is 5.75 Å². The van der Waals surface area contributed by atoms with E-state index in [1.54, 1.807) is 7.11 Å². The van der Waals surface area contributed by atoms with E-state index in [0.717, 1.165) is 56.0 Å². The van der Waals surface area contributed by atoms with Gasteiger partial charge in [0.05, 0.1) is 25.3 Å². The second kappa shape index (κ2) is 8.92. The molecular formula is C21H30N6O2. The van der Waals surface area contributed by atoms with E-state index in [-0.39, 0.29) is 11.8 Å². The number of nitrogens with zero attached hydrogens (tertiary/aromatic N) is 4. The lowest BCUT2D eigenvalue weighted by Gasteiger charge is -2.49. The molecule has 8 heteroatoms. The molecule has 0 saturated carbocycles. The quantitative estimate of drug-likeness (QED) is 0.691. The zero-order valence-corrected chi connectivity index (χ0v) is 17.2. The Morgan fingerprint density at radius 1 is 1.31 bits per heavy atom. The summed E-state index contributed by atoms with van der Waals surface area (Å²) >= 11 is 0. The van der Waals surface area contributed by atoms with Crippen molar-refractivity contribution in [2.24, 2.45) is 11.8 Å². The minimum Gasteiger partial charge on any atom is -0.496 e. The van der Waals surface area contributed by atoms with Gasteiger partial charge in [-0.05, 0) is 38.4 Å². The van der Waals surface area contributed by atoms with Gasteiger partial charge in [-0.3, -0.25) is 14.4 Å². The van der Waals surface area contributed by atoms with Gasteiger partial charge < -0.3 is 15.4 Å². The fraction of sp³-hybridized carbons (Fsp3) is 0.571. The first-order chi connectivity index (χ1) is 14.2. The molecule has 0 radical (unpaired) electrons. The highest BCUT2D eigenvalue weighted by atomic mass is 16.5. The van der Waals surface area contributed by atoms with Crippen LogP contribution in [-0.4, -0.2) is 59.1 Å². The lowest BCUT2D eigenvalue weighted by Crippen LogP contribution is -2.58. The molecule has 29 heavy (non-hydrogen) atoms. The van der Waals surface area contributed by atoms with Gasteiger partial charge in [0.25, 0.3) is 0 Å². The van der Waals surface area contributed by atoms with Crippen LogP contribution in [0.25, 0.3) is 0 Å². The lowest BCUT2D eigenvalue weighted by molar-refractivity contribution is -0.133. The summed E-state index contributed by atoms with van der Waals surface area (Å²) in [5.74, 6) is 1.46. The normalized spacial score (nSPS) is 25.7. The summed E-state index contributed by atoms with van der Waals surface area (Å²) in [5, 5.41) is 14.7. The number of para-hydroxylation sites is 1. The maximum atomic E-state index is 12.9. The number of hydrogen-bond acceptors (Lipinski definition) is 6. The first-order valence-corrected chi connectivity index (χ1v) is 10.3. The third-order valence-corrected chi connectivity index (χ3v) is 6.20. The Labute approximate surface area is 171 Å². The number of ether oxygens (including phenoxy) is 1. The van der Waals surface area contributed by atoms with Crippen LogP contribution in [-0.2, 0) is 24.4 Å². The number of rotatable bonds is 8. The molecule has 1 unspecified atom stereocenters. The number of fused-ring (bicyclic) bond motifs is 3. The number of hydrogen-bond donors (Lipinski definition) is 2. The SMILES string of the molecule is CNCc1cn(C[C@H]2C[C@H]3CCN2C[C@@H]3C(=O)NCc2ccccc2OC)nn1. The second-order valence-corrected chi connectivity index (χ2v) is 8.03. The van der Waals surface area contributed by atoms with Crippen molar-refractivity contribution in [2.45, 2.75) is 38.5 Å². The Hall–Kier alpha value is -2.45. The van der Waals surface area contributed by atoms with Crippen LogP contribution in [0.2, 0.25) is 0 Å². The van der Waals surface area contributed by atoms with Crippen LogP contribution in [0, 0.1) is 11.8 Å². The molecule has 4 heterocycles. The van der Waals surface area contributed by atoms with Gasteiger partial charge in [-0.25, -0.2) is 0 Å². The smallest absolute Gasteiger partial charge is 0.224 e. The van der Waals surface area contributed by atoms with Gasteiger partial charge in [-0.2, -0.15) is 0 Å². The molecule has 156 valence electrons. The zero-order chi connectivity index (χ0) is 20.2. The average molecular weight is 399 g/mol. The Balaban J connectivity index is 1.33. The molecule has 1 amide bonds. The fourth-order valence-corrected chi connectivity index (χ4v) is 4.69. The number of nitrogens with one attached hydrogen (secondary N) is 2. The van der Waals surface area contributed by atoms with Crippen LogP contribution in [0.1, 0.15) is 24.1 Å². The fourth-order valence-electron chi connectivity index (χ4n) is 4.69. The third-order valence-electron chi connectivity index (χ3n) is 6.20. The van der Waals surface area contributed by atoms with Gasteiger partial charge in [0.15, 0.2) is 0 Å². The van der Waals surface area contributed by atoms with Crippen molar-refractivity contribution in [1.82, 2.24) is 30.5 Å². The highest BCUT2D eigenvalue weighted by molar-refractivity contribution is 5.79. The molecule has 3 aliphatic rings. The molecule has 0 spiro atoms. The standard InChI is InChI=1S/C21H30N6O2/c1-22-11-17-12-27(25-24-17)13-18-9-15-7-8-26(18)14-19(15)21(28)23-10-16-5-3-4-6-20(16)29-2/h3-6,12,15,18-19,22H,7-11,13-14H2,1-2H3,(H,23,28)/t15-,18-,19+/m1/s1. The van der Waals surface area contributed by atoms with Gasteiger partial charge in [0.1, 0.15) is 5.75 Å². The average Bonchev–Trinajstić information content (AvgIpc) is 3.19. The van der Waals surface area contributed by atoms with E-state index in [4.69, 9.17) is 4.74 Å². The van der Waals surface area contributed by atoms with E-state index in [1.165, 1.54) is 0 Å². The number of amides is 1. The van der Waals surface area contributed by atoms with Crippen molar-refractivity contribution in [3.05, 3.63) is 41.7 Å². The molecule has 1 aromatic carbocycles. The Morgan fingerprint density at radius 2 is 2.17 bits per heavy atom. The molecule has 4 atom stereocenters. The minimum atomic E-state index is 0.0605. The predicted molar refractivity (Wildman–Crippen MR) is 109 cm³/mol. The monoisotopic (exact) mass is 398 g/mol. The summed E-state index contributed by atoms with van der Waals surface area (Å²) in [6.07, 6.45) is 4.14. The highest BCUT2D eigenvalue weighted by Crippen LogP contribution is 2.37. The summed E-state index contributed by atoms with van der Waals surface area (Å²) in [7, 11) is 3.56.